The van der Waals surface area contributed by atoms with Gasteiger partial charge in [-0.15, -0.1) is 0 Å². The Hall–Kier alpha value is -1.92. The minimum absolute atomic E-state index is 0.203. The molecular weight excluding hydrogens is 325 g/mol. The summed E-state index contributed by atoms with van der Waals surface area (Å²) in [4.78, 5) is 20.9. The molecule has 7 heteroatoms. The molecule has 0 aliphatic heterocycles. The van der Waals surface area contributed by atoms with Gasteiger partial charge < -0.3 is 4.57 Å². The van der Waals surface area contributed by atoms with E-state index in [4.69, 9.17) is 11.6 Å². The molecule has 0 atom stereocenters. The lowest BCUT2D eigenvalue weighted by molar-refractivity contribution is 0.626. The molecule has 4 nitrogen and oxygen atoms in total. The third kappa shape index (κ3) is 2.84. The molecule has 0 saturated heterocycles. The van der Waals surface area contributed by atoms with Gasteiger partial charge >= 0.3 is 0 Å². The summed E-state index contributed by atoms with van der Waals surface area (Å²) in [5.41, 5.74) is 1.07. The molecule has 3 aromatic rings. The van der Waals surface area contributed by atoms with Gasteiger partial charge in [0.1, 0.15) is 5.82 Å². The quantitative estimate of drug-likeness (QED) is 0.544. The van der Waals surface area contributed by atoms with Crippen LogP contribution in [-0.4, -0.2) is 20.8 Å². The Kier molecular flexibility index (Phi) is 4.13. The maximum Gasteiger partial charge on any atom is 0.261 e. The Balaban J connectivity index is 2.04. The number of pyridine rings is 1. The van der Waals surface area contributed by atoms with Crippen molar-refractivity contribution >= 4 is 34.3 Å². The molecule has 0 radical (unpaired) electrons. The largest absolute Gasteiger partial charge is 0.310 e. The standard InChI is InChI=1S/C15H11ClFN3OS/c1-22-15-18-7-11-13(19-15)4-5-20(14(11)21)8-9-2-3-10(17)6-12(9)16/h2-7H,8H2,1H3. The van der Waals surface area contributed by atoms with Crippen molar-refractivity contribution in [2.75, 3.05) is 6.26 Å². The van der Waals surface area contributed by atoms with Gasteiger partial charge in [0.05, 0.1) is 17.4 Å². The Morgan fingerprint density at radius 2 is 2.18 bits per heavy atom. The van der Waals surface area contributed by atoms with E-state index in [0.29, 0.717) is 26.6 Å². The van der Waals surface area contributed by atoms with Gasteiger partial charge in [-0.25, -0.2) is 14.4 Å². The van der Waals surface area contributed by atoms with Gasteiger partial charge in [-0.3, -0.25) is 4.79 Å². The van der Waals surface area contributed by atoms with Crippen molar-refractivity contribution in [3.8, 4) is 0 Å². The second-order valence-corrected chi connectivity index (χ2v) is 5.82. The van der Waals surface area contributed by atoms with Crippen molar-refractivity contribution in [3.63, 3.8) is 0 Å². The first kappa shape index (κ1) is 15.0. The summed E-state index contributed by atoms with van der Waals surface area (Å²) in [7, 11) is 0. The van der Waals surface area contributed by atoms with Crippen LogP contribution in [0.3, 0.4) is 0 Å². The highest BCUT2D eigenvalue weighted by molar-refractivity contribution is 7.98. The van der Waals surface area contributed by atoms with E-state index in [-0.39, 0.29) is 12.1 Å². The zero-order valence-electron chi connectivity index (χ0n) is 11.6. The Bertz CT molecular complexity index is 913. The van der Waals surface area contributed by atoms with Crippen molar-refractivity contribution in [2.24, 2.45) is 0 Å². The molecule has 0 aliphatic carbocycles. The van der Waals surface area contributed by atoms with Crippen LogP contribution < -0.4 is 5.56 Å². The minimum Gasteiger partial charge on any atom is -0.310 e. The summed E-state index contributed by atoms with van der Waals surface area (Å²) in [6, 6.07) is 5.88. The van der Waals surface area contributed by atoms with Crippen molar-refractivity contribution in [2.45, 2.75) is 11.7 Å². The highest BCUT2D eigenvalue weighted by Gasteiger charge is 2.08. The van der Waals surface area contributed by atoms with Gasteiger partial charge in [-0.05, 0) is 30.0 Å². The van der Waals surface area contributed by atoms with E-state index >= 15 is 0 Å². The summed E-state index contributed by atoms with van der Waals surface area (Å²) in [6.45, 7) is 0.262. The molecule has 0 aliphatic rings. The number of fused-ring (bicyclic) bond motifs is 1. The van der Waals surface area contributed by atoms with Crippen LogP contribution in [-0.2, 0) is 6.54 Å². The third-order valence-electron chi connectivity index (χ3n) is 3.24. The first-order chi connectivity index (χ1) is 10.6. The smallest absolute Gasteiger partial charge is 0.261 e. The average Bonchev–Trinajstić information content (AvgIpc) is 2.52. The molecule has 0 bridgehead atoms. The predicted octanol–water partition coefficient (Wildman–Crippen LogP) is 3.35. The number of nitrogens with zero attached hydrogens (tertiary/aromatic N) is 3. The van der Waals surface area contributed by atoms with Crippen LogP contribution >= 0.6 is 23.4 Å². The van der Waals surface area contributed by atoms with E-state index in [9.17, 15) is 9.18 Å². The van der Waals surface area contributed by atoms with Crippen LogP contribution in [0.4, 0.5) is 4.39 Å². The fourth-order valence-electron chi connectivity index (χ4n) is 2.11. The molecule has 0 spiro atoms. The first-order valence-electron chi connectivity index (χ1n) is 6.42. The molecule has 0 N–H and O–H groups in total. The molecule has 1 aromatic carbocycles. The van der Waals surface area contributed by atoms with E-state index in [1.807, 2.05) is 6.26 Å². The molecule has 0 saturated carbocycles. The van der Waals surface area contributed by atoms with E-state index in [2.05, 4.69) is 9.97 Å². The van der Waals surface area contributed by atoms with Gasteiger partial charge in [-0.1, -0.05) is 29.4 Å². The fourth-order valence-corrected chi connectivity index (χ4v) is 2.68. The summed E-state index contributed by atoms with van der Waals surface area (Å²) < 4.78 is 14.6. The number of halogens is 2. The average molecular weight is 336 g/mol. The second-order valence-electron chi connectivity index (χ2n) is 4.64. The number of aromatic nitrogens is 3. The molecular formula is C15H11ClFN3OS. The van der Waals surface area contributed by atoms with Crippen LogP contribution in [0.25, 0.3) is 10.9 Å². The summed E-state index contributed by atoms with van der Waals surface area (Å²) in [5.74, 6) is -0.405. The van der Waals surface area contributed by atoms with Crippen molar-refractivity contribution in [1.29, 1.82) is 0 Å². The zero-order valence-corrected chi connectivity index (χ0v) is 13.2. The SMILES string of the molecule is CSc1ncc2c(=O)n(Cc3ccc(F)cc3Cl)ccc2n1. The second kappa shape index (κ2) is 6.06. The van der Waals surface area contributed by atoms with Crippen molar-refractivity contribution < 1.29 is 4.39 Å². The van der Waals surface area contributed by atoms with Crippen LogP contribution in [0, 0.1) is 5.82 Å². The maximum atomic E-state index is 13.1. The Labute approximate surface area is 135 Å². The Morgan fingerprint density at radius 1 is 1.36 bits per heavy atom. The van der Waals surface area contributed by atoms with Gasteiger partial charge in [0, 0.05) is 17.4 Å². The number of rotatable bonds is 3. The van der Waals surface area contributed by atoms with Crippen LogP contribution in [0.2, 0.25) is 5.02 Å². The van der Waals surface area contributed by atoms with Gasteiger partial charge in [0.25, 0.3) is 5.56 Å². The molecule has 0 amide bonds. The first-order valence-corrected chi connectivity index (χ1v) is 8.03. The number of thioether (sulfide) groups is 1. The van der Waals surface area contributed by atoms with E-state index < -0.39 is 5.82 Å². The zero-order chi connectivity index (χ0) is 15.7. The fraction of sp³-hybridized carbons (Fsp3) is 0.133. The van der Waals surface area contributed by atoms with E-state index in [0.717, 1.165) is 0 Å². The lowest BCUT2D eigenvalue weighted by Gasteiger charge is -2.09. The topological polar surface area (TPSA) is 47.8 Å². The van der Waals surface area contributed by atoms with E-state index in [1.165, 1.54) is 34.7 Å². The molecule has 112 valence electrons. The molecule has 22 heavy (non-hydrogen) atoms. The van der Waals surface area contributed by atoms with Crippen molar-refractivity contribution in [3.05, 3.63) is 63.4 Å². The summed E-state index contributed by atoms with van der Waals surface area (Å²) >= 11 is 7.42. The lowest BCUT2D eigenvalue weighted by atomic mass is 10.2. The van der Waals surface area contributed by atoms with E-state index in [1.54, 1.807) is 18.3 Å². The molecule has 2 heterocycles. The number of hydrogen-bond donors (Lipinski definition) is 0. The van der Waals surface area contributed by atoms with Crippen LogP contribution in [0.15, 0.2) is 46.6 Å². The normalized spacial score (nSPS) is 11.0. The molecule has 0 unspecified atom stereocenters. The Morgan fingerprint density at radius 3 is 2.91 bits per heavy atom. The lowest BCUT2D eigenvalue weighted by Crippen LogP contribution is -2.20. The maximum absolute atomic E-state index is 13.1. The number of hydrogen-bond acceptors (Lipinski definition) is 4. The van der Waals surface area contributed by atoms with Gasteiger partial charge in [0.15, 0.2) is 5.16 Å². The summed E-state index contributed by atoms with van der Waals surface area (Å²) in [5, 5.41) is 1.35. The molecule has 2 aromatic heterocycles. The van der Waals surface area contributed by atoms with Gasteiger partial charge in [0.2, 0.25) is 0 Å². The third-order valence-corrected chi connectivity index (χ3v) is 4.15. The highest BCUT2D eigenvalue weighted by atomic mass is 35.5. The highest BCUT2D eigenvalue weighted by Crippen LogP contribution is 2.18. The minimum atomic E-state index is -0.405. The molecule has 0 fully saturated rings. The molecule has 3 rings (SSSR count). The van der Waals surface area contributed by atoms with Crippen LogP contribution in [0.1, 0.15) is 5.56 Å². The van der Waals surface area contributed by atoms with Crippen molar-refractivity contribution in [1.82, 2.24) is 14.5 Å². The summed E-state index contributed by atoms with van der Waals surface area (Å²) in [6.07, 6.45) is 5.06. The van der Waals surface area contributed by atoms with Crippen LogP contribution in [0.5, 0.6) is 0 Å². The predicted molar refractivity (Wildman–Crippen MR) is 86.1 cm³/mol. The monoisotopic (exact) mass is 335 g/mol. The number of benzene rings is 1. The van der Waals surface area contributed by atoms with Gasteiger partial charge in [-0.2, -0.15) is 0 Å².